The average Bonchev–Trinajstić information content (AvgIpc) is 3.34. The fraction of sp³-hybridized carbons (Fsp3) is 0.233. The third kappa shape index (κ3) is 7.12. The van der Waals surface area contributed by atoms with Gasteiger partial charge in [0, 0.05) is 60.3 Å². The van der Waals surface area contributed by atoms with E-state index >= 15 is 0 Å². The molecule has 0 bridgehead atoms. The van der Waals surface area contributed by atoms with Crippen LogP contribution in [0.1, 0.15) is 18.7 Å². The maximum absolute atomic E-state index is 12.8. The maximum atomic E-state index is 12.8. The Morgan fingerprint density at radius 3 is 2.57 bits per heavy atom. The molecule has 4 rings (SSSR count). The molecule has 2 N–H and O–H groups in total. The van der Waals surface area contributed by atoms with Crippen molar-refractivity contribution >= 4 is 30.5 Å². The monoisotopic (exact) mass is 589 g/mol. The van der Waals surface area contributed by atoms with E-state index in [-0.39, 0.29) is 5.91 Å². The summed E-state index contributed by atoms with van der Waals surface area (Å²) in [6.07, 6.45) is 5.61. The van der Waals surface area contributed by atoms with E-state index in [0.29, 0.717) is 45.7 Å². The molecule has 4 aromatic rings. The lowest BCUT2D eigenvalue weighted by Crippen LogP contribution is -2.24. The molecule has 0 radical (unpaired) electrons. The molecule has 2 heterocycles. The second-order valence-electron chi connectivity index (χ2n) is 9.91. The lowest BCUT2D eigenvalue weighted by atomic mass is 10.0. The lowest BCUT2D eigenvalue weighted by molar-refractivity contribution is -0.113. The molecule has 0 aliphatic rings. The molecule has 0 spiro atoms. The number of benzene rings is 2. The fourth-order valence-electron chi connectivity index (χ4n) is 4.47. The van der Waals surface area contributed by atoms with E-state index in [9.17, 15) is 24.4 Å². The van der Waals surface area contributed by atoms with Crippen molar-refractivity contribution in [3.63, 3.8) is 0 Å². The Labute approximate surface area is 244 Å². The molecule has 0 fully saturated rings. The largest absolute Gasteiger partial charge is 0.497 e. The summed E-state index contributed by atoms with van der Waals surface area (Å²) in [6, 6.07) is 16.5. The first-order valence-corrected chi connectivity index (χ1v) is 14.5. The molecular weight excluding hydrogens is 557 g/mol. The minimum Gasteiger partial charge on any atom is -0.497 e. The van der Waals surface area contributed by atoms with E-state index in [1.165, 1.54) is 22.5 Å². The Kier molecular flexibility index (Phi) is 9.27. The Morgan fingerprint density at radius 2 is 1.90 bits per heavy atom. The zero-order valence-electron chi connectivity index (χ0n) is 23.9. The number of anilines is 1. The number of fused-ring (bicyclic) bond motifs is 1. The molecule has 1 amide bonds. The van der Waals surface area contributed by atoms with Crippen molar-refractivity contribution < 1.29 is 28.4 Å². The van der Waals surface area contributed by atoms with Gasteiger partial charge in [0.05, 0.1) is 18.7 Å². The van der Waals surface area contributed by atoms with E-state index in [1.54, 1.807) is 56.9 Å². The number of nitrogens with zero attached hydrogens (tertiary/aromatic N) is 5. The number of carbonyl (C=O) groups is 1. The fourth-order valence-corrected chi connectivity index (χ4v) is 4.97. The van der Waals surface area contributed by atoms with E-state index in [1.807, 2.05) is 43.3 Å². The van der Waals surface area contributed by atoms with Crippen LogP contribution < -0.4 is 9.64 Å². The predicted octanol–water partition coefficient (Wildman–Crippen LogP) is 4.96. The first kappa shape index (κ1) is 30.7. The molecule has 1 atom stereocenters. The number of hydrogen-bond donors (Lipinski definition) is 2. The van der Waals surface area contributed by atoms with Crippen molar-refractivity contribution in [3.05, 3.63) is 78.6 Å². The average molecular weight is 590 g/mol. The standard InChI is InChI=1S/C30H32N5O6P/c1-20(41-42(37,38)39)35-19-28(22-9-6-8-21(12-22)17-31)27-15-24(18-32-30(27)35)23-13-25(16-26(14-23)40-5)34(4)29(36)10-7-11-33(2)3/h6-10,12-16,18-20H,11H2,1-5H3,(H2,37,38,39). The van der Waals surface area contributed by atoms with Crippen LogP contribution in [0.5, 0.6) is 5.75 Å². The zero-order valence-corrected chi connectivity index (χ0v) is 24.8. The normalized spacial score (nSPS) is 12.5. The third-order valence-electron chi connectivity index (χ3n) is 6.56. The summed E-state index contributed by atoms with van der Waals surface area (Å²) in [5.74, 6) is 0.350. The van der Waals surface area contributed by atoms with Gasteiger partial charge in [-0.3, -0.25) is 9.32 Å². The molecule has 12 heteroatoms. The number of pyridine rings is 1. The summed E-state index contributed by atoms with van der Waals surface area (Å²) in [6.45, 7) is 2.14. The van der Waals surface area contributed by atoms with Crippen LogP contribution in [0.4, 0.5) is 5.69 Å². The highest BCUT2D eigenvalue weighted by Gasteiger charge is 2.24. The second-order valence-corrected chi connectivity index (χ2v) is 11.1. The summed E-state index contributed by atoms with van der Waals surface area (Å²) >= 11 is 0. The van der Waals surface area contributed by atoms with E-state index in [2.05, 4.69) is 11.1 Å². The van der Waals surface area contributed by atoms with Crippen LogP contribution in [0.25, 0.3) is 33.3 Å². The minimum absolute atomic E-state index is 0.194. The highest BCUT2D eigenvalue weighted by Crippen LogP contribution is 2.43. The molecule has 218 valence electrons. The molecular formula is C30H32N5O6P. The number of likely N-dealkylation sites (N-methyl/N-ethyl adjacent to an activating group) is 2. The quantitative estimate of drug-likeness (QED) is 0.194. The van der Waals surface area contributed by atoms with Gasteiger partial charge < -0.3 is 28.9 Å². The first-order valence-electron chi connectivity index (χ1n) is 12.9. The number of aromatic nitrogens is 2. The zero-order chi connectivity index (χ0) is 30.6. The van der Waals surface area contributed by atoms with Crippen molar-refractivity contribution in [3.8, 4) is 34.1 Å². The van der Waals surface area contributed by atoms with Crippen molar-refractivity contribution in [2.45, 2.75) is 13.2 Å². The molecule has 0 saturated carbocycles. The molecule has 0 aliphatic carbocycles. The molecule has 2 aromatic carbocycles. The van der Waals surface area contributed by atoms with Crippen LogP contribution in [-0.2, 0) is 13.9 Å². The van der Waals surface area contributed by atoms with Crippen LogP contribution in [0.3, 0.4) is 0 Å². The summed E-state index contributed by atoms with van der Waals surface area (Å²) < 4.78 is 23.6. The van der Waals surface area contributed by atoms with E-state index < -0.39 is 14.1 Å². The summed E-state index contributed by atoms with van der Waals surface area (Å²) in [4.78, 5) is 39.8. The number of carbonyl (C=O) groups excluding carboxylic acids is 1. The van der Waals surface area contributed by atoms with E-state index in [0.717, 1.165) is 11.1 Å². The summed E-state index contributed by atoms with van der Waals surface area (Å²) in [7, 11) is 2.28. The van der Waals surface area contributed by atoms with Gasteiger partial charge in [0.25, 0.3) is 0 Å². The minimum atomic E-state index is -4.79. The van der Waals surface area contributed by atoms with Gasteiger partial charge in [-0.1, -0.05) is 18.2 Å². The van der Waals surface area contributed by atoms with Crippen LogP contribution >= 0.6 is 7.82 Å². The SMILES string of the molecule is COc1cc(-c2cnc3c(c2)c(-c2cccc(C#N)c2)cn3C(C)OP(=O)(O)O)cc(N(C)C(=O)C=CCN(C)C)c1. The number of rotatable bonds is 10. The van der Waals surface area contributed by atoms with Gasteiger partial charge in [0.1, 0.15) is 17.6 Å². The topological polar surface area (TPSA) is 141 Å². The van der Waals surface area contributed by atoms with Gasteiger partial charge in [-0.2, -0.15) is 5.26 Å². The Hall–Kier alpha value is -4.30. The van der Waals surface area contributed by atoms with Crippen molar-refractivity contribution in [2.24, 2.45) is 0 Å². The molecule has 0 aliphatic heterocycles. The number of phosphoric ester groups is 1. The molecule has 11 nitrogen and oxygen atoms in total. The van der Waals surface area contributed by atoms with Crippen LogP contribution in [0.2, 0.25) is 0 Å². The van der Waals surface area contributed by atoms with Crippen LogP contribution in [0, 0.1) is 11.3 Å². The molecule has 1 unspecified atom stereocenters. The number of nitriles is 1. The number of methoxy groups -OCH3 is 1. The molecule has 0 saturated heterocycles. The number of ether oxygens (including phenoxy) is 1. The van der Waals surface area contributed by atoms with Gasteiger partial charge in [0.2, 0.25) is 5.91 Å². The molecule has 2 aromatic heterocycles. The number of phosphoric acid groups is 1. The van der Waals surface area contributed by atoms with Gasteiger partial charge in [-0.25, -0.2) is 9.55 Å². The highest BCUT2D eigenvalue weighted by atomic mass is 31.2. The van der Waals surface area contributed by atoms with Gasteiger partial charge in [0.15, 0.2) is 0 Å². The van der Waals surface area contributed by atoms with Crippen molar-refractivity contribution in [1.82, 2.24) is 14.5 Å². The smallest absolute Gasteiger partial charge is 0.471 e. The number of amides is 1. The predicted molar refractivity (Wildman–Crippen MR) is 161 cm³/mol. The van der Waals surface area contributed by atoms with Gasteiger partial charge in [-0.15, -0.1) is 0 Å². The van der Waals surface area contributed by atoms with E-state index in [4.69, 9.17) is 9.26 Å². The summed E-state index contributed by atoms with van der Waals surface area (Å²) in [5, 5.41) is 10.1. The summed E-state index contributed by atoms with van der Waals surface area (Å²) in [5.41, 5.74) is 4.37. The highest BCUT2D eigenvalue weighted by molar-refractivity contribution is 7.46. The Morgan fingerprint density at radius 1 is 1.14 bits per heavy atom. The van der Waals surface area contributed by atoms with Gasteiger partial charge in [-0.05, 0) is 62.5 Å². The van der Waals surface area contributed by atoms with Gasteiger partial charge >= 0.3 is 7.82 Å². The van der Waals surface area contributed by atoms with Crippen LogP contribution in [-0.4, -0.2) is 64.9 Å². The Bertz CT molecular complexity index is 1740. The van der Waals surface area contributed by atoms with Crippen molar-refractivity contribution in [2.75, 3.05) is 39.7 Å². The van der Waals surface area contributed by atoms with Crippen molar-refractivity contribution in [1.29, 1.82) is 5.26 Å². The number of hydrogen-bond acceptors (Lipinski definition) is 7. The third-order valence-corrected chi connectivity index (χ3v) is 7.14. The maximum Gasteiger partial charge on any atom is 0.471 e. The first-order chi connectivity index (χ1) is 19.9. The lowest BCUT2D eigenvalue weighted by Gasteiger charge is -2.18. The van der Waals surface area contributed by atoms with Crippen LogP contribution in [0.15, 0.2) is 73.1 Å². The Balaban J connectivity index is 1.84. The molecule has 42 heavy (non-hydrogen) atoms. The second kappa shape index (κ2) is 12.7.